The van der Waals surface area contributed by atoms with Gasteiger partial charge < -0.3 is 19.5 Å². The fourth-order valence-electron chi connectivity index (χ4n) is 4.06. The molecule has 34 heavy (non-hydrogen) atoms. The van der Waals surface area contributed by atoms with Crippen LogP contribution in [0.15, 0.2) is 35.2 Å². The van der Waals surface area contributed by atoms with Crippen LogP contribution >= 0.6 is 0 Å². The number of nitrogens with zero attached hydrogens (tertiary/aromatic N) is 2. The van der Waals surface area contributed by atoms with Crippen LogP contribution in [0.3, 0.4) is 0 Å². The molecule has 0 saturated carbocycles. The Bertz CT molecular complexity index is 1180. The van der Waals surface area contributed by atoms with Gasteiger partial charge in [-0.2, -0.15) is 0 Å². The molecule has 1 saturated heterocycles. The number of ether oxygens (including phenoxy) is 1. The number of nitrogens with one attached hydrogen (secondary N) is 1. The number of carbonyl (C=O) groups is 3. The van der Waals surface area contributed by atoms with Crippen molar-refractivity contribution in [3.05, 3.63) is 47.3 Å². The van der Waals surface area contributed by atoms with Crippen LogP contribution in [0, 0.1) is 19.8 Å². The Morgan fingerprint density at radius 3 is 2.29 bits per heavy atom. The number of aryl methyl sites for hydroxylation is 1. The Hall–Kier alpha value is -3.18. The Balaban J connectivity index is 1.55. The van der Waals surface area contributed by atoms with Crippen LogP contribution in [-0.4, -0.2) is 55.4 Å². The molecular formula is C23H30N4O6S. The number of likely N-dealkylation sites (tertiary alicyclic amines) is 1. The molecule has 0 radical (unpaired) electrons. The van der Waals surface area contributed by atoms with Gasteiger partial charge in [-0.15, -0.1) is 0 Å². The lowest BCUT2D eigenvalue weighted by atomic mass is 9.95. The number of aromatic nitrogens is 1. The number of nitrogens with two attached hydrogens (primary N) is 1. The maximum absolute atomic E-state index is 12.9. The van der Waals surface area contributed by atoms with Gasteiger partial charge in [0.15, 0.2) is 0 Å². The highest BCUT2D eigenvalue weighted by molar-refractivity contribution is 7.89. The largest absolute Gasteiger partial charge is 0.462 e. The maximum Gasteiger partial charge on any atom is 0.339 e. The molecular weight excluding hydrogens is 460 g/mol. The number of anilines is 1. The van der Waals surface area contributed by atoms with E-state index in [1.54, 1.807) is 29.4 Å². The molecule has 0 spiro atoms. The Morgan fingerprint density at radius 1 is 1.12 bits per heavy atom. The zero-order valence-electron chi connectivity index (χ0n) is 19.5. The molecule has 11 heteroatoms. The van der Waals surface area contributed by atoms with Gasteiger partial charge in [-0.05, 0) is 63.9 Å². The minimum absolute atomic E-state index is 0.0279. The molecule has 1 aliphatic rings. The van der Waals surface area contributed by atoms with Crippen molar-refractivity contribution in [1.82, 2.24) is 9.47 Å². The van der Waals surface area contributed by atoms with E-state index in [1.165, 1.54) is 24.3 Å². The number of sulfonamides is 1. The first-order valence-electron chi connectivity index (χ1n) is 11.1. The quantitative estimate of drug-likeness (QED) is 0.567. The Kier molecular flexibility index (Phi) is 7.78. The van der Waals surface area contributed by atoms with E-state index >= 15 is 0 Å². The number of amides is 2. The fourth-order valence-corrected chi connectivity index (χ4v) is 4.57. The first kappa shape index (κ1) is 25.4. The summed E-state index contributed by atoms with van der Waals surface area (Å²) in [6, 6.07) is 7.38. The molecule has 0 bridgehead atoms. The Morgan fingerprint density at radius 2 is 1.74 bits per heavy atom. The first-order valence-corrected chi connectivity index (χ1v) is 12.6. The summed E-state index contributed by atoms with van der Waals surface area (Å²) in [7, 11) is -3.79. The zero-order chi connectivity index (χ0) is 25.0. The molecule has 10 nitrogen and oxygen atoms in total. The molecule has 1 aromatic heterocycles. The second-order valence-corrected chi connectivity index (χ2v) is 9.87. The van der Waals surface area contributed by atoms with E-state index in [4.69, 9.17) is 9.88 Å². The maximum atomic E-state index is 12.9. The fraction of sp³-hybridized carbons (Fsp3) is 0.435. The predicted molar refractivity (Wildman–Crippen MR) is 126 cm³/mol. The molecule has 3 N–H and O–H groups in total. The monoisotopic (exact) mass is 490 g/mol. The van der Waals surface area contributed by atoms with Gasteiger partial charge in [0.05, 0.1) is 17.1 Å². The summed E-state index contributed by atoms with van der Waals surface area (Å²) in [6.07, 6.45) is 1.04. The number of hydrogen-bond acceptors (Lipinski definition) is 6. The summed E-state index contributed by atoms with van der Waals surface area (Å²) < 4.78 is 29.6. The minimum atomic E-state index is -3.79. The summed E-state index contributed by atoms with van der Waals surface area (Å²) in [5.74, 6) is -0.908. The van der Waals surface area contributed by atoms with E-state index in [0.717, 1.165) is 5.69 Å². The van der Waals surface area contributed by atoms with Crippen LogP contribution in [0.4, 0.5) is 5.69 Å². The van der Waals surface area contributed by atoms with Crippen molar-refractivity contribution < 1.29 is 27.5 Å². The first-order chi connectivity index (χ1) is 16.0. The topological polar surface area (TPSA) is 141 Å². The Labute approximate surface area is 199 Å². The van der Waals surface area contributed by atoms with Crippen molar-refractivity contribution in [2.75, 3.05) is 25.0 Å². The average molecular weight is 491 g/mol. The molecule has 0 atom stereocenters. The van der Waals surface area contributed by atoms with Gasteiger partial charge in [0.25, 0.3) is 0 Å². The van der Waals surface area contributed by atoms with Crippen LogP contribution in [-0.2, 0) is 30.9 Å². The normalized spacial score (nSPS) is 14.6. The smallest absolute Gasteiger partial charge is 0.339 e. The molecule has 1 fully saturated rings. The van der Waals surface area contributed by atoms with Gasteiger partial charge in [0, 0.05) is 36.1 Å². The number of carbonyl (C=O) groups excluding carboxylic acids is 3. The van der Waals surface area contributed by atoms with Gasteiger partial charge in [0.1, 0.15) is 6.54 Å². The summed E-state index contributed by atoms with van der Waals surface area (Å²) in [5.41, 5.74) is 2.43. The zero-order valence-corrected chi connectivity index (χ0v) is 20.4. The number of benzene rings is 1. The van der Waals surface area contributed by atoms with E-state index in [1.807, 2.05) is 6.92 Å². The SMILES string of the molecule is CCOC(=O)c1cc(C)n(CC(=O)N2CCC(C(=O)Nc3ccc(S(N)(=O)=O)cc3)CC2)c1C. The lowest BCUT2D eigenvalue weighted by molar-refractivity contribution is -0.135. The number of primary sulfonamides is 1. The lowest BCUT2D eigenvalue weighted by Crippen LogP contribution is -2.42. The highest BCUT2D eigenvalue weighted by Gasteiger charge is 2.28. The van der Waals surface area contributed by atoms with E-state index < -0.39 is 16.0 Å². The van der Waals surface area contributed by atoms with Crippen molar-refractivity contribution in [3.63, 3.8) is 0 Å². The molecule has 1 aromatic carbocycles. The average Bonchev–Trinajstić information content (AvgIpc) is 3.07. The second kappa shape index (κ2) is 10.4. The highest BCUT2D eigenvalue weighted by atomic mass is 32.2. The summed E-state index contributed by atoms with van der Waals surface area (Å²) in [6.45, 7) is 6.67. The van der Waals surface area contributed by atoms with Gasteiger partial charge in [-0.1, -0.05) is 0 Å². The second-order valence-electron chi connectivity index (χ2n) is 8.31. The summed E-state index contributed by atoms with van der Waals surface area (Å²) in [4.78, 5) is 39.3. The summed E-state index contributed by atoms with van der Waals surface area (Å²) >= 11 is 0. The molecule has 0 unspecified atom stereocenters. The predicted octanol–water partition coefficient (Wildman–Crippen LogP) is 1.81. The summed E-state index contributed by atoms with van der Waals surface area (Å²) in [5, 5.41) is 7.87. The molecule has 1 aliphatic heterocycles. The van der Waals surface area contributed by atoms with Crippen molar-refractivity contribution in [1.29, 1.82) is 0 Å². The third-order valence-electron chi connectivity index (χ3n) is 6.03. The standard InChI is InChI=1S/C23H30N4O6S/c1-4-33-23(30)20-13-15(2)27(16(20)3)14-21(28)26-11-9-17(10-12-26)22(29)25-18-5-7-19(8-6-18)34(24,31)32/h5-8,13,17H,4,9-12,14H2,1-3H3,(H,25,29)(H2,24,31,32). The number of rotatable bonds is 7. The van der Waals surface area contributed by atoms with Crippen molar-refractivity contribution >= 4 is 33.5 Å². The van der Waals surface area contributed by atoms with Gasteiger partial charge in [-0.3, -0.25) is 9.59 Å². The molecule has 0 aliphatic carbocycles. The van der Waals surface area contributed by atoms with Crippen LogP contribution in [0.1, 0.15) is 41.5 Å². The van der Waals surface area contributed by atoms with Gasteiger partial charge >= 0.3 is 5.97 Å². The number of esters is 1. The lowest BCUT2D eigenvalue weighted by Gasteiger charge is -2.31. The van der Waals surface area contributed by atoms with E-state index in [0.29, 0.717) is 42.9 Å². The van der Waals surface area contributed by atoms with E-state index in [2.05, 4.69) is 5.32 Å². The third kappa shape index (κ3) is 5.84. The third-order valence-corrected chi connectivity index (χ3v) is 6.96. The van der Waals surface area contributed by atoms with Gasteiger partial charge in [-0.25, -0.2) is 18.4 Å². The number of piperidine rings is 1. The van der Waals surface area contributed by atoms with Crippen molar-refractivity contribution in [2.45, 2.75) is 45.1 Å². The highest BCUT2D eigenvalue weighted by Crippen LogP contribution is 2.22. The van der Waals surface area contributed by atoms with Crippen molar-refractivity contribution in [3.8, 4) is 0 Å². The molecule has 3 rings (SSSR count). The minimum Gasteiger partial charge on any atom is -0.462 e. The van der Waals surface area contributed by atoms with Crippen LogP contribution in [0.25, 0.3) is 0 Å². The van der Waals surface area contributed by atoms with Crippen LogP contribution in [0.2, 0.25) is 0 Å². The van der Waals surface area contributed by atoms with Crippen LogP contribution in [0.5, 0.6) is 0 Å². The molecule has 2 aromatic rings. The molecule has 184 valence electrons. The van der Waals surface area contributed by atoms with Crippen molar-refractivity contribution in [2.24, 2.45) is 11.1 Å². The van der Waals surface area contributed by atoms with Crippen LogP contribution < -0.4 is 10.5 Å². The van der Waals surface area contributed by atoms with E-state index in [9.17, 15) is 22.8 Å². The van der Waals surface area contributed by atoms with Gasteiger partial charge in [0.2, 0.25) is 21.8 Å². The molecule has 2 heterocycles. The molecule has 2 amide bonds. The number of hydrogen-bond donors (Lipinski definition) is 2. The van der Waals surface area contributed by atoms with E-state index in [-0.39, 0.29) is 35.8 Å².